The second-order valence-corrected chi connectivity index (χ2v) is 5.22. The first-order valence-corrected chi connectivity index (χ1v) is 6.65. The zero-order valence-corrected chi connectivity index (χ0v) is 10.9. The third kappa shape index (κ3) is 2.70. The lowest BCUT2D eigenvalue weighted by Gasteiger charge is -2.39. The molecule has 0 saturated carbocycles. The van der Waals surface area contributed by atoms with Crippen molar-refractivity contribution in [2.75, 3.05) is 19.6 Å². The second-order valence-electron chi connectivity index (χ2n) is 5.22. The summed E-state index contributed by atoms with van der Waals surface area (Å²) in [7, 11) is 0. The fraction of sp³-hybridized carbons (Fsp3) is 0.600. The number of rotatable bonds is 3. The highest BCUT2D eigenvalue weighted by Gasteiger charge is 2.35. The van der Waals surface area contributed by atoms with Gasteiger partial charge in [0, 0.05) is 0 Å². The molecule has 1 N–H and O–H groups in total. The van der Waals surface area contributed by atoms with Crippen LogP contribution in [0, 0.1) is 5.92 Å². The van der Waals surface area contributed by atoms with Crippen LogP contribution in [0.15, 0.2) is 30.3 Å². The Hall–Kier alpha value is -0.860. The van der Waals surface area contributed by atoms with Crippen molar-refractivity contribution in [2.45, 2.75) is 32.3 Å². The van der Waals surface area contributed by atoms with E-state index < -0.39 is 5.60 Å². The highest BCUT2D eigenvalue weighted by atomic mass is 16.3. The summed E-state index contributed by atoms with van der Waals surface area (Å²) in [6, 6.07) is 10.1. The SMILES string of the molecule is CCN1CCC(C(C)(O)c2ccccc2)CC1. The van der Waals surface area contributed by atoms with Crippen molar-refractivity contribution in [2.24, 2.45) is 5.92 Å². The van der Waals surface area contributed by atoms with Crippen molar-refractivity contribution < 1.29 is 5.11 Å². The fourth-order valence-corrected chi connectivity index (χ4v) is 2.82. The van der Waals surface area contributed by atoms with Gasteiger partial charge in [0.05, 0.1) is 5.60 Å². The van der Waals surface area contributed by atoms with Crippen LogP contribution in [-0.2, 0) is 5.60 Å². The summed E-state index contributed by atoms with van der Waals surface area (Å²) in [6.07, 6.45) is 2.19. The molecule has 1 aromatic carbocycles. The van der Waals surface area contributed by atoms with E-state index in [9.17, 15) is 5.11 Å². The Bertz CT molecular complexity index is 339. The third-order valence-corrected chi connectivity index (χ3v) is 4.19. The van der Waals surface area contributed by atoms with E-state index in [0.717, 1.165) is 38.0 Å². The quantitative estimate of drug-likeness (QED) is 0.867. The van der Waals surface area contributed by atoms with Gasteiger partial charge in [0.1, 0.15) is 0 Å². The molecule has 1 aromatic rings. The monoisotopic (exact) mass is 233 g/mol. The summed E-state index contributed by atoms with van der Waals surface area (Å²) in [5.41, 5.74) is 0.371. The summed E-state index contributed by atoms with van der Waals surface area (Å²) >= 11 is 0. The van der Waals surface area contributed by atoms with Crippen molar-refractivity contribution in [1.29, 1.82) is 0 Å². The molecule has 0 aliphatic carbocycles. The Morgan fingerprint density at radius 2 is 1.82 bits per heavy atom. The largest absolute Gasteiger partial charge is 0.385 e. The van der Waals surface area contributed by atoms with Gasteiger partial charge in [-0.2, -0.15) is 0 Å². The van der Waals surface area contributed by atoms with E-state index in [2.05, 4.69) is 11.8 Å². The standard InChI is InChI=1S/C15H23NO/c1-3-16-11-9-14(10-12-16)15(2,17)13-7-5-4-6-8-13/h4-8,14,17H,3,9-12H2,1-2H3. The van der Waals surface area contributed by atoms with Gasteiger partial charge in [0.2, 0.25) is 0 Å². The van der Waals surface area contributed by atoms with Crippen LogP contribution in [0.2, 0.25) is 0 Å². The van der Waals surface area contributed by atoms with Crippen molar-refractivity contribution in [3.05, 3.63) is 35.9 Å². The van der Waals surface area contributed by atoms with Crippen LogP contribution in [0.3, 0.4) is 0 Å². The summed E-state index contributed by atoms with van der Waals surface area (Å²) in [6.45, 7) is 7.53. The van der Waals surface area contributed by atoms with E-state index >= 15 is 0 Å². The highest BCUT2D eigenvalue weighted by molar-refractivity contribution is 5.22. The van der Waals surface area contributed by atoms with Gasteiger partial charge in [0.15, 0.2) is 0 Å². The molecular formula is C15H23NO. The first kappa shape index (κ1) is 12.6. The van der Waals surface area contributed by atoms with Crippen LogP contribution in [-0.4, -0.2) is 29.6 Å². The van der Waals surface area contributed by atoms with Crippen LogP contribution in [0.1, 0.15) is 32.3 Å². The molecule has 1 unspecified atom stereocenters. The van der Waals surface area contributed by atoms with Gasteiger partial charge in [0.25, 0.3) is 0 Å². The van der Waals surface area contributed by atoms with Crippen LogP contribution in [0.25, 0.3) is 0 Å². The topological polar surface area (TPSA) is 23.5 Å². The highest BCUT2D eigenvalue weighted by Crippen LogP contribution is 2.35. The molecule has 94 valence electrons. The number of piperidine rings is 1. The molecule has 1 aliphatic heterocycles. The van der Waals surface area contributed by atoms with Gasteiger partial charge >= 0.3 is 0 Å². The van der Waals surface area contributed by atoms with E-state index in [4.69, 9.17) is 0 Å². The molecule has 0 amide bonds. The fourth-order valence-electron chi connectivity index (χ4n) is 2.82. The van der Waals surface area contributed by atoms with Crippen molar-refractivity contribution in [3.8, 4) is 0 Å². The minimum absolute atomic E-state index is 0.382. The molecule has 1 saturated heterocycles. The van der Waals surface area contributed by atoms with Crippen molar-refractivity contribution in [1.82, 2.24) is 4.90 Å². The molecule has 0 bridgehead atoms. The predicted octanol–water partition coefficient (Wildman–Crippen LogP) is 2.63. The van der Waals surface area contributed by atoms with Crippen molar-refractivity contribution >= 4 is 0 Å². The molecule has 2 rings (SSSR count). The molecule has 1 heterocycles. The number of aliphatic hydroxyl groups is 1. The summed E-state index contributed by atoms with van der Waals surface area (Å²) < 4.78 is 0. The van der Waals surface area contributed by atoms with Gasteiger partial charge in [-0.3, -0.25) is 0 Å². The van der Waals surface area contributed by atoms with Gasteiger partial charge in [-0.25, -0.2) is 0 Å². The maximum absolute atomic E-state index is 10.8. The van der Waals surface area contributed by atoms with Crippen LogP contribution < -0.4 is 0 Å². The maximum atomic E-state index is 10.8. The van der Waals surface area contributed by atoms with E-state index in [1.165, 1.54) is 0 Å². The van der Waals surface area contributed by atoms with E-state index in [1.54, 1.807) is 0 Å². The summed E-state index contributed by atoms with van der Waals surface area (Å²) in [5, 5.41) is 10.8. The minimum atomic E-state index is -0.679. The lowest BCUT2D eigenvalue weighted by molar-refractivity contribution is -0.0324. The first-order valence-electron chi connectivity index (χ1n) is 6.65. The lowest BCUT2D eigenvalue weighted by Crippen LogP contribution is -2.41. The summed E-state index contributed by atoms with van der Waals surface area (Å²) in [4.78, 5) is 2.46. The molecule has 1 fully saturated rings. The van der Waals surface area contributed by atoms with Crippen LogP contribution >= 0.6 is 0 Å². The summed E-state index contributed by atoms with van der Waals surface area (Å²) in [5.74, 6) is 0.382. The Morgan fingerprint density at radius 3 is 2.35 bits per heavy atom. The average molecular weight is 233 g/mol. The second kappa shape index (κ2) is 5.19. The van der Waals surface area contributed by atoms with E-state index in [-0.39, 0.29) is 0 Å². The van der Waals surface area contributed by atoms with E-state index in [0.29, 0.717) is 5.92 Å². The number of nitrogens with zero attached hydrogens (tertiary/aromatic N) is 1. The zero-order valence-electron chi connectivity index (χ0n) is 10.9. The number of likely N-dealkylation sites (tertiary alicyclic amines) is 1. The number of hydrogen-bond acceptors (Lipinski definition) is 2. The Morgan fingerprint density at radius 1 is 1.24 bits per heavy atom. The van der Waals surface area contributed by atoms with Gasteiger partial charge in [-0.1, -0.05) is 37.3 Å². The van der Waals surface area contributed by atoms with E-state index in [1.807, 2.05) is 37.3 Å². The first-order chi connectivity index (χ1) is 8.14. The Kier molecular flexibility index (Phi) is 3.85. The Balaban J connectivity index is 2.07. The molecule has 2 nitrogen and oxygen atoms in total. The predicted molar refractivity (Wildman–Crippen MR) is 70.9 cm³/mol. The smallest absolute Gasteiger partial charge is 0.0897 e. The normalized spacial score (nSPS) is 22.3. The molecule has 17 heavy (non-hydrogen) atoms. The molecule has 2 heteroatoms. The van der Waals surface area contributed by atoms with Gasteiger partial charge in [-0.15, -0.1) is 0 Å². The molecule has 0 spiro atoms. The maximum Gasteiger partial charge on any atom is 0.0897 e. The minimum Gasteiger partial charge on any atom is -0.385 e. The molecule has 0 aromatic heterocycles. The molecule has 0 radical (unpaired) electrons. The van der Waals surface area contributed by atoms with Crippen molar-refractivity contribution in [3.63, 3.8) is 0 Å². The van der Waals surface area contributed by atoms with Crippen LogP contribution in [0.4, 0.5) is 0 Å². The molecule has 1 aliphatic rings. The van der Waals surface area contributed by atoms with Crippen LogP contribution in [0.5, 0.6) is 0 Å². The molecule has 1 atom stereocenters. The molecular weight excluding hydrogens is 210 g/mol. The Labute approximate surface area is 104 Å². The van der Waals surface area contributed by atoms with Gasteiger partial charge < -0.3 is 10.0 Å². The third-order valence-electron chi connectivity index (χ3n) is 4.19. The average Bonchev–Trinajstić information content (AvgIpc) is 2.40. The zero-order chi connectivity index (χ0) is 12.3. The van der Waals surface area contributed by atoms with Gasteiger partial charge in [-0.05, 0) is 50.9 Å². The number of hydrogen-bond donors (Lipinski definition) is 1. The lowest BCUT2D eigenvalue weighted by atomic mass is 9.77. The number of benzene rings is 1.